The van der Waals surface area contributed by atoms with Gasteiger partial charge in [0.25, 0.3) is 5.91 Å². The summed E-state index contributed by atoms with van der Waals surface area (Å²) in [7, 11) is 0. The Bertz CT molecular complexity index is 1630. The molecule has 1 aromatic heterocycles. The fourth-order valence-electron chi connectivity index (χ4n) is 6.03. The average Bonchev–Trinajstić information content (AvgIpc) is 3.64. The third-order valence-corrected chi connectivity index (χ3v) is 9.11. The molecule has 42 heavy (non-hydrogen) atoms. The Balaban J connectivity index is 1.46. The number of aromatic nitrogens is 2. The SMILES string of the molecule is O=C(O)c1ccc(-c2nn(C(=O)c3c(Cl)cccc3C3(C(F)(F)F)CC3)c3c2CCC(NC(=O)C2CCC2)C3)c(F)c1. The minimum atomic E-state index is -4.60. The highest BCUT2D eigenvalue weighted by atomic mass is 35.5. The predicted octanol–water partition coefficient (Wildman–Crippen LogP) is 6.10. The van der Waals surface area contributed by atoms with Crippen LogP contribution in [0.25, 0.3) is 11.3 Å². The third-order valence-electron chi connectivity index (χ3n) is 8.79. The first kappa shape index (κ1) is 28.4. The van der Waals surface area contributed by atoms with Crippen LogP contribution >= 0.6 is 11.6 Å². The summed E-state index contributed by atoms with van der Waals surface area (Å²) in [6.07, 6.45) is -1.48. The van der Waals surface area contributed by atoms with Crippen molar-refractivity contribution in [3.63, 3.8) is 0 Å². The molecule has 0 aliphatic heterocycles. The summed E-state index contributed by atoms with van der Waals surface area (Å²) in [6.45, 7) is 0. The monoisotopic (exact) mass is 603 g/mol. The topological polar surface area (TPSA) is 101 Å². The molecule has 2 saturated carbocycles. The molecule has 0 saturated heterocycles. The largest absolute Gasteiger partial charge is 0.478 e. The first-order valence-electron chi connectivity index (χ1n) is 13.8. The molecule has 3 aromatic rings. The number of hydrogen-bond acceptors (Lipinski definition) is 4. The van der Waals surface area contributed by atoms with E-state index in [9.17, 15) is 32.7 Å². The molecule has 2 fully saturated rings. The van der Waals surface area contributed by atoms with Crippen molar-refractivity contribution in [3.05, 3.63) is 75.2 Å². The molecule has 2 aromatic carbocycles. The molecule has 12 heteroatoms. The summed E-state index contributed by atoms with van der Waals surface area (Å²) in [4.78, 5) is 38.1. The number of carboxylic acids is 1. The normalized spacial score (nSPS) is 19.5. The Morgan fingerprint density at radius 1 is 1.10 bits per heavy atom. The molecule has 1 amide bonds. The summed E-state index contributed by atoms with van der Waals surface area (Å²) in [5, 5.41) is 16.5. The van der Waals surface area contributed by atoms with E-state index in [-0.39, 0.29) is 70.1 Å². The summed E-state index contributed by atoms with van der Waals surface area (Å²) in [5.41, 5.74) is -2.15. The lowest BCUT2D eigenvalue weighted by molar-refractivity contribution is -0.160. The Labute approximate surface area is 242 Å². The number of rotatable bonds is 6. The van der Waals surface area contributed by atoms with Crippen molar-refractivity contribution in [1.29, 1.82) is 0 Å². The van der Waals surface area contributed by atoms with Gasteiger partial charge in [-0.3, -0.25) is 9.59 Å². The van der Waals surface area contributed by atoms with Crippen LogP contribution in [-0.2, 0) is 23.1 Å². The smallest absolute Gasteiger partial charge is 0.398 e. The van der Waals surface area contributed by atoms with E-state index in [0.29, 0.717) is 24.1 Å². The number of nitrogens with one attached hydrogen (secondary N) is 1. The average molecular weight is 604 g/mol. The van der Waals surface area contributed by atoms with E-state index in [0.717, 1.165) is 30.0 Å². The molecule has 1 atom stereocenters. The third kappa shape index (κ3) is 4.67. The molecular formula is C30H26ClF4N3O4. The Morgan fingerprint density at radius 2 is 1.83 bits per heavy atom. The quantitative estimate of drug-likeness (QED) is 0.332. The van der Waals surface area contributed by atoms with Gasteiger partial charge in [-0.2, -0.15) is 23.0 Å². The van der Waals surface area contributed by atoms with E-state index in [1.165, 1.54) is 30.3 Å². The zero-order valence-corrected chi connectivity index (χ0v) is 23.0. The lowest BCUT2D eigenvalue weighted by Crippen LogP contribution is -2.44. The number of halogens is 5. The second-order valence-electron chi connectivity index (χ2n) is 11.3. The van der Waals surface area contributed by atoms with E-state index in [1.807, 2.05) is 0 Å². The van der Waals surface area contributed by atoms with Gasteiger partial charge in [-0.05, 0) is 68.4 Å². The molecule has 0 radical (unpaired) electrons. The van der Waals surface area contributed by atoms with Crippen molar-refractivity contribution in [3.8, 4) is 11.3 Å². The summed E-state index contributed by atoms with van der Waals surface area (Å²) in [5.74, 6) is -3.24. The number of benzene rings is 2. The van der Waals surface area contributed by atoms with Crippen LogP contribution in [0, 0.1) is 11.7 Å². The molecular weight excluding hydrogens is 578 g/mol. The molecule has 3 aliphatic rings. The molecule has 1 heterocycles. The first-order valence-corrected chi connectivity index (χ1v) is 14.1. The van der Waals surface area contributed by atoms with Crippen LogP contribution in [0.2, 0.25) is 5.02 Å². The van der Waals surface area contributed by atoms with Gasteiger partial charge in [0.15, 0.2) is 0 Å². The van der Waals surface area contributed by atoms with Crippen molar-refractivity contribution >= 4 is 29.4 Å². The van der Waals surface area contributed by atoms with Gasteiger partial charge in [-0.15, -0.1) is 0 Å². The maximum Gasteiger partial charge on any atom is 0.398 e. The van der Waals surface area contributed by atoms with E-state index < -0.39 is 29.3 Å². The van der Waals surface area contributed by atoms with Crippen LogP contribution < -0.4 is 5.32 Å². The molecule has 0 bridgehead atoms. The number of nitrogens with zero attached hydrogens (tertiary/aromatic N) is 2. The maximum atomic E-state index is 15.2. The Kier molecular flexibility index (Phi) is 6.91. The highest BCUT2D eigenvalue weighted by molar-refractivity contribution is 6.34. The highest BCUT2D eigenvalue weighted by Crippen LogP contribution is 2.60. The van der Waals surface area contributed by atoms with E-state index >= 15 is 4.39 Å². The summed E-state index contributed by atoms with van der Waals surface area (Å²) >= 11 is 6.39. The number of hydrogen-bond donors (Lipinski definition) is 2. The number of fused-ring (bicyclic) bond motifs is 1. The molecule has 3 aliphatic carbocycles. The van der Waals surface area contributed by atoms with Crippen molar-refractivity contribution in [2.75, 3.05) is 0 Å². The number of alkyl halides is 3. The van der Waals surface area contributed by atoms with Crippen LogP contribution in [-0.4, -0.2) is 44.9 Å². The van der Waals surface area contributed by atoms with Gasteiger partial charge < -0.3 is 10.4 Å². The van der Waals surface area contributed by atoms with Gasteiger partial charge in [0.05, 0.1) is 33.0 Å². The first-order chi connectivity index (χ1) is 19.9. The van der Waals surface area contributed by atoms with Gasteiger partial charge in [0.2, 0.25) is 5.91 Å². The number of carbonyl (C=O) groups is 3. The van der Waals surface area contributed by atoms with E-state index in [4.69, 9.17) is 11.6 Å². The van der Waals surface area contributed by atoms with Gasteiger partial charge in [0, 0.05) is 29.5 Å². The molecule has 220 valence electrons. The maximum absolute atomic E-state index is 15.2. The second kappa shape index (κ2) is 10.2. The Hall–Kier alpha value is -3.73. The molecule has 0 spiro atoms. The van der Waals surface area contributed by atoms with Gasteiger partial charge in [-0.1, -0.05) is 30.2 Å². The van der Waals surface area contributed by atoms with Crippen molar-refractivity contribution in [1.82, 2.24) is 15.1 Å². The zero-order valence-electron chi connectivity index (χ0n) is 22.2. The lowest BCUT2D eigenvalue weighted by Gasteiger charge is -2.29. The van der Waals surface area contributed by atoms with Gasteiger partial charge in [-0.25, -0.2) is 9.18 Å². The van der Waals surface area contributed by atoms with Crippen molar-refractivity contribution in [2.24, 2.45) is 5.92 Å². The number of carboxylic acid groups (broad SMARTS) is 1. The minimum Gasteiger partial charge on any atom is -0.478 e. The van der Waals surface area contributed by atoms with Crippen LogP contribution in [0.3, 0.4) is 0 Å². The lowest BCUT2D eigenvalue weighted by atomic mass is 9.83. The molecule has 2 N–H and O–H groups in total. The molecule has 7 nitrogen and oxygen atoms in total. The van der Waals surface area contributed by atoms with Crippen LogP contribution in [0.1, 0.15) is 76.1 Å². The summed E-state index contributed by atoms with van der Waals surface area (Å²) < 4.78 is 58.7. The van der Waals surface area contributed by atoms with Gasteiger partial charge >= 0.3 is 12.1 Å². The van der Waals surface area contributed by atoms with Gasteiger partial charge in [0.1, 0.15) is 5.82 Å². The van der Waals surface area contributed by atoms with Crippen LogP contribution in [0.4, 0.5) is 17.6 Å². The van der Waals surface area contributed by atoms with E-state index in [2.05, 4.69) is 10.4 Å². The standard InChI is InChI=1S/C30H26ClF4N3O4/c31-21-6-2-5-20(29(11-12-29)30(33,34)35)24(21)27(40)38-23-14-17(36-26(39)15-3-1-4-15)8-10-19(23)25(37-38)18-9-7-16(28(41)42)13-22(18)32/h2,5-7,9,13,15,17H,1,3-4,8,10-12,14H2,(H,36,39)(H,41,42). The fraction of sp³-hybridized carbons (Fsp3) is 0.400. The van der Waals surface area contributed by atoms with Crippen molar-refractivity contribution in [2.45, 2.75) is 69.0 Å². The van der Waals surface area contributed by atoms with E-state index in [1.54, 1.807) is 0 Å². The predicted molar refractivity (Wildman–Crippen MR) is 144 cm³/mol. The second-order valence-corrected chi connectivity index (χ2v) is 11.7. The fourth-order valence-corrected chi connectivity index (χ4v) is 6.28. The molecule has 1 unspecified atom stereocenters. The zero-order chi connectivity index (χ0) is 30.0. The van der Waals surface area contributed by atoms with Crippen LogP contribution in [0.5, 0.6) is 0 Å². The van der Waals surface area contributed by atoms with Crippen LogP contribution in [0.15, 0.2) is 36.4 Å². The number of aromatic carboxylic acids is 1. The molecule has 6 rings (SSSR count). The number of amides is 1. The minimum absolute atomic E-state index is 0.0481. The highest BCUT2D eigenvalue weighted by Gasteiger charge is 2.65. The number of carbonyl (C=O) groups excluding carboxylic acids is 2. The Morgan fingerprint density at radius 3 is 2.43 bits per heavy atom. The van der Waals surface area contributed by atoms with Crippen molar-refractivity contribution < 1.29 is 37.1 Å². The summed E-state index contributed by atoms with van der Waals surface area (Å²) in [6, 6.07) is 6.92.